The normalized spacial score (nSPS) is 9.38. The number of methoxy groups -OCH3 is 1. The van der Waals surface area contributed by atoms with Crippen molar-refractivity contribution in [1.82, 2.24) is 0 Å². The third kappa shape index (κ3) is 2.13. The maximum absolute atomic E-state index is 8.59. The molecule has 0 unspecified atom stereocenters. The Morgan fingerprint density at radius 1 is 1.54 bits per heavy atom. The molecule has 0 aliphatic rings. The van der Waals surface area contributed by atoms with Crippen molar-refractivity contribution in [3.63, 3.8) is 0 Å². The van der Waals surface area contributed by atoms with Gasteiger partial charge < -0.3 is 4.74 Å². The van der Waals surface area contributed by atoms with E-state index in [1.54, 1.807) is 13.2 Å². The zero-order valence-electron chi connectivity index (χ0n) is 7.60. The average Bonchev–Trinajstić information content (AvgIpc) is 2.09. The van der Waals surface area contributed by atoms with Gasteiger partial charge in [-0.1, -0.05) is 11.6 Å². The number of halogens is 1. The lowest BCUT2D eigenvalue weighted by atomic mass is 10.1. The molecule has 0 spiro atoms. The number of nitrogens with zero attached hydrogens (tertiary/aromatic N) is 1. The second-order valence-electron chi connectivity index (χ2n) is 2.74. The van der Waals surface area contributed by atoms with Crippen LogP contribution in [0.1, 0.15) is 11.1 Å². The van der Waals surface area contributed by atoms with Gasteiger partial charge in [0.15, 0.2) is 0 Å². The second-order valence-corrected chi connectivity index (χ2v) is 3.17. The molecule has 3 heteroatoms. The highest BCUT2D eigenvalue weighted by molar-refractivity contribution is 6.30. The summed E-state index contributed by atoms with van der Waals surface area (Å²) in [5.41, 5.74) is 1.90. The highest BCUT2D eigenvalue weighted by Gasteiger charge is 2.07. The predicted molar refractivity (Wildman–Crippen MR) is 52.1 cm³/mol. The van der Waals surface area contributed by atoms with E-state index in [0.29, 0.717) is 17.2 Å². The maximum atomic E-state index is 8.59. The zero-order chi connectivity index (χ0) is 9.84. The Morgan fingerprint density at radius 2 is 2.23 bits per heavy atom. The van der Waals surface area contributed by atoms with Crippen molar-refractivity contribution in [3.8, 4) is 11.8 Å². The van der Waals surface area contributed by atoms with Gasteiger partial charge in [-0.25, -0.2) is 0 Å². The molecule has 0 aromatic heterocycles. The van der Waals surface area contributed by atoms with E-state index in [1.165, 1.54) is 0 Å². The van der Waals surface area contributed by atoms with Crippen LogP contribution in [0.25, 0.3) is 0 Å². The van der Waals surface area contributed by atoms with Gasteiger partial charge in [-0.15, -0.1) is 0 Å². The van der Waals surface area contributed by atoms with E-state index in [-0.39, 0.29) is 0 Å². The summed E-state index contributed by atoms with van der Waals surface area (Å²) in [4.78, 5) is 0. The molecule has 0 saturated heterocycles. The van der Waals surface area contributed by atoms with E-state index in [4.69, 9.17) is 21.6 Å². The molecule has 1 rings (SSSR count). The van der Waals surface area contributed by atoms with Crippen molar-refractivity contribution in [3.05, 3.63) is 28.3 Å². The molecule has 0 atom stereocenters. The second kappa shape index (κ2) is 4.15. The molecular formula is C10H10ClNO. The van der Waals surface area contributed by atoms with Gasteiger partial charge >= 0.3 is 0 Å². The van der Waals surface area contributed by atoms with Gasteiger partial charge in [0.2, 0.25) is 0 Å². The first-order chi connectivity index (χ1) is 6.19. The number of ether oxygens (including phenoxy) is 1. The molecule has 0 bridgehead atoms. The van der Waals surface area contributed by atoms with Gasteiger partial charge in [0.1, 0.15) is 5.75 Å². The van der Waals surface area contributed by atoms with Crippen LogP contribution in [-0.4, -0.2) is 7.11 Å². The van der Waals surface area contributed by atoms with E-state index < -0.39 is 0 Å². The van der Waals surface area contributed by atoms with Gasteiger partial charge in [0, 0.05) is 10.6 Å². The zero-order valence-corrected chi connectivity index (χ0v) is 8.35. The summed E-state index contributed by atoms with van der Waals surface area (Å²) in [6, 6.07) is 5.65. The lowest BCUT2D eigenvalue weighted by Crippen LogP contribution is -1.94. The van der Waals surface area contributed by atoms with Crippen LogP contribution >= 0.6 is 11.6 Å². The number of nitriles is 1. The summed E-state index contributed by atoms with van der Waals surface area (Å²) in [5.74, 6) is 0.687. The van der Waals surface area contributed by atoms with Gasteiger partial charge in [-0.2, -0.15) is 5.26 Å². The Bertz CT molecular complexity index is 355. The first kappa shape index (κ1) is 9.88. The smallest absolute Gasteiger partial charge is 0.124 e. The molecular weight excluding hydrogens is 186 g/mol. The Morgan fingerprint density at radius 3 is 2.77 bits per heavy atom. The molecule has 68 valence electrons. The standard InChI is InChI=1S/C10H10ClNO/c1-7-5-8(11)6-10(13-2)9(7)3-4-12/h5-6H,3H2,1-2H3. The Hall–Kier alpha value is -1.20. The van der Waals surface area contributed by atoms with Crippen molar-refractivity contribution >= 4 is 11.6 Å². The molecule has 13 heavy (non-hydrogen) atoms. The van der Waals surface area contributed by atoms with Crippen molar-refractivity contribution < 1.29 is 4.74 Å². The van der Waals surface area contributed by atoms with Crippen molar-refractivity contribution in [2.24, 2.45) is 0 Å². The number of benzene rings is 1. The Labute approximate surface area is 82.7 Å². The number of rotatable bonds is 2. The molecule has 2 nitrogen and oxygen atoms in total. The summed E-state index contributed by atoms with van der Waals surface area (Å²) in [6.07, 6.45) is 0.353. The summed E-state index contributed by atoms with van der Waals surface area (Å²) in [6.45, 7) is 1.92. The van der Waals surface area contributed by atoms with Crippen LogP contribution in [-0.2, 0) is 6.42 Å². The first-order valence-corrected chi connectivity index (χ1v) is 4.26. The van der Waals surface area contributed by atoms with Crippen LogP contribution in [0.3, 0.4) is 0 Å². The van der Waals surface area contributed by atoms with Gasteiger partial charge in [-0.3, -0.25) is 0 Å². The maximum Gasteiger partial charge on any atom is 0.124 e. The van der Waals surface area contributed by atoms with Crippen LogP contribution in [0, 0.1) is 18.3 Å². The number of aryl methyl sites for hydroxylation is 1. The van der Waals surface area contributed by atoms with Crippen molar-refractivity contribution in [1.29, 1.82) is 5.26 Å². The van der Waals surface area contributed by atoms with Crippen LogP contribution in [0.4, 0.5) is 0 Å². The largest absolute Gasteiger partial charge is 0.496 e. The van der Waals surface area contributed by atoms with E-state index in [0.717, 1.165) is 11.1 Å². The highest BCUT2D eigenvalue weighted by atomic mass is 35.5. The third-order valence-electron chi connectivity index (χ3n) is 1.87. The molecule has 0 amide bonds. The number of hydrogen-bond acceptors (Lipinski definition) is 2. The first-order valence-electron chi connectivity index (χ1n) is 3.89. The Kier molecular flexibility index (Phi) is 3.16. The van der Waals surface area contributed by atoms with Crippen molar-refractivity contribution in [2.45, 2.75) is 13.3 Å². The van der Waals surface area contributed by atoms with Gasteiger partial charge in [0.05, 0.1) is 19.6 Å². The lowest BCUT2D eigenvalue weighted by Gasteiger charge is -2.09. The fourth-order valence-corrected chi connectivity index (χ4v) is 1.49. The molecule has 0 fully saturated rings. The minimum atomic E-state index is 0.353. The molecule has 0 aliphatic heterocycles. The van der Waals surface area contributed by atoms with Crippen molar-refractivity contribution in [2.75, 3.05) is 7.11 Å². The summed E-state index contributed by atoms with van der Waals surface area (Å²) < 4.78 is 5.12. The average molecular weight is 196 g/mol. The minimum absolute atomic E-state index is 0.353. The Balaban J connectivity index is 3.23. The molecule has 0 saturated carbocycles. The molecule has 0 aliphatic carbocycles. The van der Waals surface area contributed by atoms with E-state index in [9.17, 15) is 0 Å². The molecule has 0 heterocycles. The predicted octanol–water partition coefficient (Wildman–Crippen LogP) is 2.72. The molecule has 1 aromatic carbocycles. The summed E-state index contributed by atoms with van der Waals surface area (Å²) in [7, 11) is 1.58. The monoisotopic (exact) mass is 195 g/mol. The molecule has 0 N–H and O–H groups in total. The fourth-order valence-electron chi connectivity index (χ4n) is 1.23. The van der Waals surface area contributed by atoms with E-state index in [1.807, 2.05) is 13.0 Å². The minimum Gasteiger partial charge on any atom is -0.496 e. The van der Waals surface area contributed by atoms with Gasteiger partial charge in [0.25, 0.3) is 0 Å². The van der Waals surface area contributed by atoms with Crippen LogP contribution in [0.5, 0.6) is 5.75 Å². The lowest BCUT2D eigenvalue weighted by molar-refractivity contribution is 0.410. The molecule has 0 radical (unpaired) electrons. The van der Waals surface area contributed by atoms with Crippen LogP contribution < -0.4 is 4.74 Å². The van der Waals surface area contributed by atoms with Crippen LogP contribution in [0.2, 0.25) is 5.02 Å². The third-order valence-corrected chi connectivity index (χ3v) is 2.09. The fraction of sp³-hybridized carbons (Fsp3) is 0.300. The van der Waals surface area contributed by atoms with E-state index >= 15 is 0 Å². The summed E-state index contributed by atoms with van der Waals surface area (Å²) >= 11 is 5.84. The van der Waals surface area contributed by atoms with E-state index in [2.05, 4.69) is 6.07 Å². The van der Waals surface area contributed by atoms with Crippen LogP contribution in [0.15, 0.2) is 12.1 Å². The highest BCUT2D eigenvalue weighted by Crippen LogP contribution is 2.26. The number of hydrogen-bond donors (Lipinski definition) is 0. The molecule has 1 aromatic rings. The van der Waals surface area contributed by atoms with Gasteiger partial charge in [-0.05, 0) is 24.6 Å². The summed E-state index contributed by atoms with van der Waals surface area (Å²) in [5, 5.41) is 9.23. The topological polar surface area (TPSA) is 33.0 Å². The SMILES string of the molecule is COc1cc(Cl)cc(C)c1CC#N. The quantitative estimate of drug-likeness (QED) is 0.727.